The Kier molecular flexibility index (Phi) is 3.95. The fourth-order valence-electron chi connectivity index (χ4n) is 2.87. The second-order valence-electron chi connectivity index (χ2n) is 5.11. The van der Waals surface area contributed by atoms with Gasteiger partial charge in [-0.15, -0.1) is 0 Å². The van der Waals surface area contributed by atoms with E-state index in [1.165, 1.54) is 19.9 Å². The molecule has 0 atom stereocenters. The molecule has 1 heterocycles. The lowest BCUT2D eigenvalue weighted by Gasteiger charge is -2.10. The van der Waals surface area contributed by atoms with E-state index in [0.29, 0.717) is 28.2 Å². The van der Waals surface area contributed by atoms with Crippen LogP contribution in [-0.4, -0.2) is 21.1 Å². The summed E-state index contributed by atoms with van der Waals surface area (Å²) in [5, 5.41) is 11.2. The van der Waals surface area contributed by atoms with E-state index < -0.39 is 4.92 Å². The lowest BCUT2D eigenvalue weighted by molar-refractivity contribution is -0.384. The summed E-state index contributed by atoms with van der Waals surface area (Å²) in [6, 6.07) is 6.26. The van der Waals surface area contributed by atoms with Crippen molar-refractivity contribution in [3.05, 3.63) is 56.9 Å². The SMILES string of the molecule is CC(=O)c1c(C(C)=O)c(C)n(-c2ccccc2[N+](=O)[O-])c1C. The molecule has 0 unspecified atom stereocenters. The van der Waals surface area contributed by atoms with Crippen LogP contribution in [0.3, 0.4) is 0 Å². The Morgan fingerprint density at radius 1 is 1.00 bits per heavy atom. The van der Waals surface area contributed by atoms with Crippen LogP contribution >= 0.6 is 0 Å². The summed E-state index contributed by atoms with van der Waals surface area (Å²) < 4.78 is 1.60. The molecule has 0 N–H and O–H groups in total. The number of aromatic nitrogens is 1. The number of carbonyl (C=O) groups excluding carboxylic acids is 2. The number of carbonyl (C=O) groups is 2. The molecule has 0 bridgehead atoms. The number of nitro benzene ring substituents is 1. The van der Waals surface area contributed by atoms with E-state index in [0.717, 1.165) is 0 Å². The molecule has 0 aliphatic rings. The number of benzene rings is 1. The molecule has 22 heavy (non-hydrogen) atoms. The third-order valence-electron chi connectivity index (χ3n) is 3.67. The van der Waals surface area contributed by atoms with E-state index in [4.69, 9.17) is 0 Å². The standard InChI is InChI=1S/C16H16N2O4/c1-9-15(11(3)19)16(12(4)20)10(2)17(9)13-7-5-6-8-14(13)18(21)22/h5-8H,1-4H3. The number of rotatable bonds is 4. The zero-order valence-corrected chi connectivity index (χ0v) is 12.8. The number of Topliss-reactive ketones (excluding diaryl/α,β-unsaturated/α-hetero) is 2. The van der Waals surface area contributed by atoms with E-state index in [2.05, 4.69) is 0 Å². The van der Waals surface area contributed by atoms with Gasteiger partial charge in [0.25, 0.3) is 5.69 Å². The van der Waals surface area contributed by atoms with Crippen LogP contribution in [-0.2, 0) is 0 Å². The third kappa shape index (κ3) is 2.32. The number of para-hydroxylation sites is 2. The number of hydrogen-bond donors (Lipinski definition) is 0. The van der Waals surface area contributed by atoms with Gasteiger partial charge < -0.3 is 4.57 Å². The summed E-state index contributed by atoms with van der Waals surface area (Å²) in [5.41, 5.74) is 1.98. The zero-order valence-electron chi connectivity index (χ0n) is 12.8. The first-order valence-corrected chi connectivity index (χ1v) is 6.75. The Balaban J connectivity index is 2.90. The van der Waals surface area contributed by atoms with Crippen LogP contribution in [0.2, 0.25) is 0 Å². The molecule has 2 rings (SSSR count). The van der Waals surface area contributed by atoms with Crippen molar-refractivity contribution in [3.8, 4) is 5.69 Å². The minimum atomic E-state index is -0.477. The van der Waals surface area contributed by atoms with Crippen LogP contribution in [0.25, 0.3) is 5.69 Å². The van der Waals surface area contributed by atoms with Crippen LogP contribution < -0.4 is 0 Å². The van der Waals surface area contributed by atoms with Gasteiger partial charge in [-0.2, -0.15) is 0 Å². The molecule has 0 saturated carbocycles. The Bertz CT molecular complexity index is 765. The van der Waals surface area contributed by atoms with Gasteiger partial charge in [-0.3, -0.25) is 19.7 Å². The van der Waals surface area contributed by atoms with Gasteiger partial charge in [0, 0.05) is 28.6 Å². The molecule has 0 fully saturated rings. The lowest BCUT2D eigenvalue weighted by atomic mass is 10.0. The average Bonchev–Trinajstić information content (AvgIpc) is 2.70. The maximum absolute atomic E-state index is 11.9. The van der Waals surface area contributed by atoms with Crippen LogP contribution in [0, 0.1) is 24.0 Å². The van der Waals surface area contributed by atoms with E-state index in [1.54, 1.807) is 36.6 Å². The highest BCUT2D eigenvalue weighted by Gasteiger charge is 2.26. The maximum Gasteiger partial charge on any atom is 0.293 e. The van der Waals surface area contributed by atoms with Gasteiger partial charge in [-0.1, -0.05) is 12.1 Å². The molecule has 2 aromatic rings. The number of hydrogen-bond acceptors (Lipinski definition) is 4. The molecule has 0 spiro atoms. The molecule has 0 saturated heterocycles. The quantitative estimate of drug-likeness (QED) is 0.492. The van der Waals surface area contributed by atoms with Crippen molar-refractivity contribution < 1.29 is 14.5 Å². The van der Waals surface area contributed by atoms with Gasteiger partial charge >= 0.3 is 0 Å². The summed E-state index contributed by atoms with van der Waals surface area (Å²) >= 11 is 0. The molecular formula is C16H16N2O4. The van der Waals surface area contributed by atoms with E-state index in [1.807, 2.05) is 0 Å². The van der Waals surface area contributed by atoms with E-state index in [-0.39, 0.29) is 17.3 Å². The fourth-order valence-corrected chi connectivity index (χ4v) is 2.87. The summed E-state index contributed by atoms with van der Waals surface area (Å²) in [6.07, 6.45) is 0. The highest BCUT2D eigenvalue weighted by atomic mass is 16.6. The van der Waals surface area contributed by atoms with Crippen LogP contribution in [0.1, 0.15) is 46.0 Å². The number of ketones is 2. The van der Waals surface area contributed by atoms with E-state index in [9.17, 15) is 19.7 Å². The molecule has 1 aromatic carbocycles. The molecule has 1 aromatic heterocycles. The van der Waals surface area contributed by atoms with Crippen LogP contribution in [0.15, 0.2) is 24.3 Å². The second-order valence-corrected chi connectivity index (χ2v) is 5.11. The minimum Gasteiger partial charge on any atom is -0.311 e. The van der Waals surface area contributed by atoms with Crippen molar-refractivity contribution in [1.29, 1.82) is 0 Å². The Labute approximate surface area is 127 Å². The Morgan fingerprint density at radius 2 is 1.45 bits per heavy atom. The summed E-state index contributed by atoms with van der Waals surface area (Å²) in [6.45, 7) is 6.15. The topological polar surface area (TPSA) is 82.2 Å². The zero-order chi connectivity index (χ0) is 16.6. The van der Waals surface area contributed by atoms with Crippen molar-refractivity contribution in [1.82, 2.24) is 4.57 Å². The normalized spacial score (nSPS) is 10.5. The first-order valence-electron chi connectivity index (χ1n) is 6.75. The molecule has 6 nitrogen and oxygen atoms in total. The van der Waals surface area contributed by atoms with Gasteiger partial charge in [0.2, 0.25) is 0 Å². The first kappa shape index (κ1) is 15.6. The third-order valence-corrected chi connectivity index (χ3v) is 3.67. The highest BCUT2D eigenvalue weighted by Crippen LogP contribution is 2.31. The van der Waals surface area contributed by atoms with Crippen molar-refractivity contribution in [2.75, 3.05) is 0 Å². The molecule has 0 radical (unpaired) electrons. The van der Waals surface area contributed by atoms with Gasteiger partial charge in [0.05, 0.1) is 4.92 Å². The van der Waals surface area contributed by atoms with Gasteiger partial charge in [0.15, 0.2) is 11.6 Å². The maximum atomic E-state index is 11.9. The van der Waals surface area contributed by atoms with Gasteiger partial charge in [-0.05, 0) is 33.8 Å². The first-order chi connectivity index (χ1) is 10.3. The summed E-state index contributed by atoms with van der Waals surface area (Å²) in [5.74, 6) is -0.466. The summed E-state index contributed by atoms with van der Waals surface area (Å²) in [4.78, 5) is 34.6. The molecule has 6 heteroatoms. The Morgan fingerprint density at radius 3 is 1.86 bits per heavy atom. The molecule has 0 amide bonds. The monoisotopic (exact) mass is 300 g/mol. The lowest BCUT2D eigenvalue weighted by Crippen LogP contribution is -2.04. The summed E-state index contributed by atoms with van der Waals surface area (Å²) in [7, 11) is 0. The smallest absolute Gasteiger partial charge is 0.293 e. The van der Waals surface area contributed by atoms with Crippen molar-refractivity contribution >= 4 is 17.3 Å². The van der Waals surface area contributed by atoms with Crippen LogP contribution in [0.5, 0.6) is 0 Å². The van der Waals surface area contributed by atoms with Crippen molar-refractivity contribution in [2.45, 2.75) is 27.7 Å². The second kappa shape index (κ2) is 5.55. The Hall–Kier alpha value is -2.76. The largest absolute Gasteiger partial charge is 0.311 e. The molecule has 0 aliphatic carbocycles. The predicted molar refractivity (Wildman–Crippen MR) is 81.9 cm³/mol. The van der Waals surface area contributed by atoms with Gasteiger partial charge in [0.1, 0.15) is 5.69 Å². The molecule has 114 valence electrons. The van der Waals surface area contributed by atoms with Crippen LogP contribution in [0.4, 0.5) is 5.69 Å². The van der Waals surface area contributed by atoms with Crippen molar-refractivity contribution in [2.24, 2.45) is 0 Å². The highest BCUT2D eigenvalue weighted by molar-refractivity contribution is 6.09. The predicted octanol–water partition coefficient (Wildman–Crippen LogP) is 3.41. The number of nitro groups is 1. The van der Waals surface area contributed by atoms with Gasteiger partial charge in [-0.25, -0.2) is 0 Å². The molecular weight excluding hydrogens is 284 g/mol. The average molecular weight is 300 g/mol. The molecule has 0 aliphatic heterocycles. The minimum absolute atomic E-state index is 0.0751. The van der Waals surface area contributed by atoms with Crippen molar-refractivity contribution in [3.63, 3.8) is 0 Å². The number of nitrogens with zero attached hydrogens (tertiary/aromatic N) is 2. The van der Waals surface area contributed by atoms with E-state index >= 15 is 0 Å². The fraction of sp³-hybridized carbons (Fsp3) is 0.250.